The predicted octanol–water partition coefficient (Wildman–Crippen LogP) is 4.49. The van der Waals surface area contributed by atoms with Gasteiger partial charge in [0.2, 0.25) is 0 Å². The highest BCUT2D eigenvalue weighted by atomic mass is 32.2. The monoisotopic (exact) mass is 650 g/mol. The van der Waals surface area contributed by atoms with Gasteiger partial charge >= 0.3 is 46.4 Å². The summed E-state index contributed by atoms with van der Waals surface area (Å²) in [6, 6.07) is 0. The van der Waals surface area contributed by atoms with Gasteiger partial charge in [-0.2, -0.15) is 87.1 Å². The molecular formula is C12H10F16O8S2. The van der Waals surface area contributed by atoms with E-state index in [1.807, 2.05) is 0 Å². The van der Waals surface area contributed by atoms with E-state index in [0.717, 1.165) is 0 Å². The van der Waals surface area contributed by atoms with Crippen molar-refractivity contribution in [2.24, 2.45) is 0 Å². The molecule has 230 valence electrons. The summed E-state index contributed by atoms with van der Waals surface area (Å²) in [7, 11) is -15.7. The third-order valence-corrected chi connectivity index (χ3v) is 7.24. The van der Waals surface area contributed by atoms with Crippen LogP contribution in [0.3, 0.4) is 0 Å². The Morgan fingerprint density at radius 1 is 0.447 bits per heavy atom. The quantitative estimate of drug-likeness (QED) is 0.191. The summed E-state index contributed by atoms with van der Waals surface area (Å²) < 4.78 is 260. The maximum atomic E-state index is 13.8. The highest BCUT2D eigenvalue weighted by Crippen LogP contribution is 2.58. The van der Waals surface area contributed by atoms with Gasteiger partial charge in [0.05, 0.1) is 13.2 Å². The molecule has 0 rings (SSSR count). The van der Waals surface area contributed by atoms with Crippen LogP contribution in [-0.2, 0) is 29.7 Å². The van der Waals surface area contributed by atoms with Crippen LogP contribution >= 0.6 is 0 Å². The fourth-order valence-corrected chi connectivity index (χ4v) is 4.56. The van der Waals surface area contributed by atoms with Gasteiger partial charge in [-0.05, 0) is 12.8 Å². The summed E-state index contributed by atoms with van der Waals surface area (Å²) in [4.78, 5) is 0. The number of hydrogen-bond acceptors (Lipinski definition) is 6. The molecule has 38 heavy (non-hydrogen) atoms. The molecule has 0 aliphatic heterocycles. The molecule has 26 heteroatoms. The maximum absolute atomic E-state index is 13.8. The molecule has 0 aromatic rings. The van der Waals surface area contributed by atoms with E-state index in [1.165, 1.54) is 0 Å². The van der Waals surface area contributed by atoms with Gasteiger partial charge < -0.3 is 9.47 Å². The molecule has 8 nitrogen and oxygen atoms in total. The average Bonchev–Trinajstić information content (AvgIpc) is 2.48. The lowest BCUT2D eigenvalue weighted by atomic mass is 10.1. The Morgan fingerprint density at radius 3 is 0.763 bits per heavy atom. The summed E-state index contributed by atoms with van der Waals surface area (Å²) >= 11 is 0. The molecule has 2 N–H and O–H groups in total. The van der Waals surface area contributed by atoms with E-state index in [1.54, 1.807) is 0 Å². The number of hydrogen-bond donors (Lipinski definition) is 2. The molecule has 0 aliphatic carbocycles. The second-order valence-corrected chi connectivity index (χ2v) is 9.87. The van der Waals surface area contributed by atoms with Crippen LogP contribution in [0, 0.1) is 0 Å². The van der Waals surface area contributed by atoms with Gasteiger partial charge in [-0.1, -0.05) is 0 Å². The summed E-state index contributed by atoms with van der Waals surface area (Å²) in [5.74, 6) is 0. The topological polar surface area (TPSA) is 127 Å². The number of halogens is 16. The SMILES string of the molecule is O=S(=O)(O)C(C(F)(F)F)(C(F)(F)F)C(F)(F)OCCCCOC(F)(F)C(C(F)(F)F)(C(F)(F)F)S(=O)(=O)O. The lowest BCUT2D eigenvalue weighted by molar-refractivity contribution is -0.386. The first-order valence-electron chi connectivity index (χ1n) is 8.45. The van der Waals surface area contributed by atoms with Crippen molar-refractivity contribution in [1.29, 1.82) is 0 Å². The second kappa shape index (κ2) is 10.2. The summed E-state index contributed by atoms with van der Waals surface area (Å²) in [5.41, 5.74) is 0. The van der Waals surface area contributed by atoms with Crippen LogP contribution in [0.25, 0.3) is 0 Å². The van der Waals surface area contributed by atoms with E-state index in [-0.39, 0.29) is 0 Å². The third kappa shape index (κ3) is 5.87. The van der Waals surface area contributed by atoms with E-state index < -0.39 is 92.7 Å². The van der Waals surface area contributed by atoms with Gasteiger partial charge in [0.1, 0.15) is 0 Å². The lowest BCUT2D eigenvalue weighted by Crippen LogP contribution is -2.72. The fourth-order valence-electron chi connectivity index (χ4n) is 2.67. The zero-order valence-electron chi connectivity index (χ0n) is 17.0. The van der Waals surface area contributed by atoms with Gasteiger partial charge in [0.15, 0.2) is 0 Å². The van der Waals surface area contributed by atoms with E-state index >= 15 is 0 Å². The summed E-state index contributed by atoms with van der Waals surface area (Å²) in [6.45, 7) is -4.46. The standard InChI is InChI=1S/C12H10F16O8S2/c13-7(14,15)5(8(16,17)18,37(29,30)31)11(25,26)35-3-1-2-4-36-12(27,28)6(9(19,20)21,10(22,23)24)38(32,33)34/h1-4H2,(H,29,30,31)(H,32,33,34). The predicted molar refractivity (Wildman–Crippen MR) is 83.8 cm³/mol. The summed E-state index contributed by atoms with van der Waals surface area (Å²) in [6.07, 6.45) is -47.2. The number of ether oxygens (including phenoxy) is 2. The van der Waals surface area contributed by atoms with E-state index in [0.29, 0.717) is 0 Å². The van der Waals surface area contributed by atoms with E-state index in [9.17, 15) is 87.1 Å². The van der Waals surface area contributed by atoms with Gasteiger partial charge in [-0.25, -0.2) is 0 Å². The zero-order valence-corrected chi connectivity index (χ0v) is 18.7. The highest BCUT2D eigenvalue weighted by molar-refractivity contribution is 7.87. The zero-order chi connectivity index (χ0) is 31.2. The van der Waals surface area contributed by atoms with Crippen molar-refractivity contribution < 1.29 is 106 Å². The van der Waals surface area contributed by atoms with Gasteiger partial charge in [0.25, 0.3) is 20.2 Å². The van der Waals surface area contributed by atoms with Crippen molar-refractivity contribution in [2.45, 2.75) is 59.3 Å². The first kappa shape index (κ1) is 36.6. The van der Waals surface area contributed by atoms with Crippen LogP contribution in [-0.4, -0.2) is 85.6 Å². The molecule has 0 unspecified atom stereocenters. The minimum absolute atomic E-state index is 1.60. The van der Waals surface area contributed by atoms with Gasteiger partial charge in [-0.3, -0.25) is 9.11 Å². The normalized spacial score (nSPS) is 16.2. The van der Waals surface area contributed by atoms with E-state index in [4.69, 9.17) is 9.11 Å². The van der Waals surface area contributed by atoms with Crippen LogP contribution in [0.4, 0.5) is 70.2 Å². The third-order valence-electron chi connectivity index (χ3n) is 4.30. The van der Waals surface area contributed by atoms with Crippen molar-refractivity contribution in [3.63, 3.8) is 0 Å². The molecule has 0 radical (unpaired) electrons. The van der Waals surface area contributed by atoms with Crippen molar-refractivity contribution in [3.8, 4) is 0 Å². The van der Waals surface area contributed by atoms with Crippen molar-refractivity contribution >= 4 is 20.2 Å². The Hall–Kier alpha value is -1.38. The Bertz CT molecular complexity index is 926. The number of unbranched alkanes of at least 4 members (excludes halogenated alkanes) is 1. The maximum Gasteiger partial charge on any atom is 0.428 e. The molecule has 0 atom stereocenters. The molecule has 0 amide bonds. The second-order valence-electron chi connectivity index (χ2n) is 6.74. The van der Waals surface area contributed by atoms with Crippen molar-refractivity contribution in [1.82, 2.24) is 0 Å². The molecule has 0 heterocycles. The molecule has 0 aromatic heterocycles. The average molecular weight is 650 g/mol. The molecule has 0 bridgehead atoms. The Morgan fingerprint density at radius 2 is 0.632 bits per heavy atom. The van der Waals surface area contributed by atoms with Crippen LogP contribution in [0.5, 0.6) is 0 Å². The fraction of sp³-hybridized carbons (Fsp3) is 1.00. The molecule has 0 fully saturated rings. The minimum Gasteiger partial charge on any atom is -0.319 e. The van der Waals surface area contributed by atoms with Crippen LogP contribution in [0.1, 0.15) is 12.8 Å². The Labute approximate surface area is 199 Å². The molecule has 0 aliphatic rings. The highest BCUT2D eigenvalue weighted by Gasteiger charge is 2.92. The van der Waals surface area contributed by atoms with Crippen LogP contribution < -0.4 is 0 Å². The molecule has 0 saturated heterocycles. The summed E-state index contributed by atoms with van der Waals surface area (Å²) in [5, 5.41) is 0. The van der Waals surface area contributed by atoms with Crippen molar-refractivity contribution in [2.75, 3.05) is 13.2 Å². The van der Waals surface area contributed by atoms with E-state index in [2.05, 4.69) is 9.47 Å². The molecular weight excluding hydrogens is 640 g/mol. The first-order valence-corrected chi connectivity index (χ1v) is 11.3. The van der Waals surface area contributed by atoms with Crippen LogP contribution in [0.2, 0.25) is 0 Å². The lowest BCUT2D eigenvalue weighted by Gasteiger charge is -2.39. The Balaban J connectivity index is 5.88. The largest absolute Gasteiger partial charge is 0.428 e. The van der Waals surface area contributed by atoms with Crippen molar-refractivity contribution in [3.05, 3.63) is 0 Å². The minimum atomic E-state index is -7.87. The smallest absolute Gasteiger partial charge is 0.319 e. The first-order chi connectivity index (χ1) is 16.2. The molecule has 0 saturated carbocycles. The number of rotatable bonds is 11. The Kier molecular flexibility index (Phi) is 9.85. The van der Waals surface area contributed by atoms with Crippen LogP contribution in [0.15, 0.2) is 0 Å². The molecule has 0 aromatic carbocycles. The number of alkyl halides is 16. The van der Waals surface area contributed by atoms with Gasteiger partial charge in [-0.15, -0.1) is 0 Å². The van der Waals surface area contributed by atoms with Gasteiger partial charge in [0, 0.05) is 0 Å². The molecule has 0 spiro atoms.